The molecule has 1 aromatic rings. The van der Waals surface area contributed by atoms with Crippen LogP contribution in [0.25, 0.3) is 0 Å². The molecule has 0 radical (unpaired) electrons. The third-order valence-electron chi connectivity index (χ3n) is 2.27. The molecule has 0 saturated heterocycles. The summed E-state index contributed by atoms with van der Waals surface area (Å²) >= 11 is 5.16. The van der Waals surface area contributed by atoms with Crippen molar-refractivity contribution in [3.63, 3.8) is 0 Å². The first-order chi connectivity index (χ1) is 6.91. The highest BCUT2D eigenvalue weighted by atomic mass is 35.5. The van der Waals surface area contributed by atoms with Crippen molar-refractivity contribution in [2.45, 2.75) is 19.8 Å². The van der Waals surface area contributed by atoms with E-state index in [0.29, 0.717) is 11.1 Å². The van der Waals surface area contributed by atoms with Crippen LogP contribution in [0.1, 0.15) is 16.7 Å². The summed E-state index contributed by atoms with van der Waals surface area (Å²) in [5, 5.41) is 0. The van der Waals surface area contributed by atoms with E-state index in [0.717, 1.165) is 0 Å². The average Bonchev–Trinajstić information content (AvgIpc) is 2.15. The molecule has 0 N–H and O–H groups in total. The Balaban J connectivity index is 3.32. The highest BCUT2D eigenvalue weighted by Gasteiger charge is 2.41. The van der Waals surface area contributed by atoms with Gasteiger partial charge in [-0.1, -0.05) is 18.2 Å². The Morgan fingerprint density at radius 3 is 2.20 bits per heavy atom. The van der Waals surface area contributed by atoms with Gasteiger partial charge in [0.1, 0.15) is 0 Å². The number of benzene rings is 1. The maximum Gasteiger partial charge on any atom is 0.332 e. The van der Waals surface area contributed by atoms with E-state index in [1.165, 1.54) is 0 Å². The molecule has 0 unspecified atom stereocenters. The van der Waals surface area contributed by atoms with Crippen molar-refractivity contribution < 1.29 is 13.6 Å². The molecule has 4 heteroatoms. The van der Waals surface area contributed by atoms with Gasteiger partial charge < -0.3 is 0 Å². The van der Waals surface area contributed by atoms with Crippen LogP contribution in [-0.2, 0) is 10.7 Å². The normalized spacial score (nSPS) is 11.5. The van der Waals surface area contributed by atoms with Gasteiger partial charge in [0.05, 0.1) is 5.88 Å². The molecular formula is C11H11ClF2O. The molecule has 0 amide bonds. The number of aryl methyl sites for hydroxylation is 2. The molecule has 1 rings (SSSR count). The third-order valence-corrected chi connectivity index (χ3v) is 2.51. The van der Waals surface area contributed by atoms with Gasteiger partial charge in [-0.15, -0.1) is 11.6 Å². The largest absolute Gasteiger partial charge is 0.332 e. The van der Waals surface area contributed by atoms with E-state index in [4.69, 9.17) is 11.6 Å². The van der Waals surface area contributed by atoms with Crippen molar-refractivity contribution in [1.29, 1.82) is 0 Å². The minimum atomic E-state index is -3.49. The highest BCUT2D eigenvalue weighted by Crippen LogP contribution is 2.34. The van der Waals surface area contributed by atoms with E-state index in [1.54, 1.807) is 32.0 Å². The van der Waals surface area contributed by atoms with Crippen LogP contribution in [0, 0.1) is 13.8 Å². The van der Waals surface area contributed by atoms with Crippen molar-refractivity contribution in [2.75, 3.05) is 5.88 Å². The Bertz CT molecular complexity index is 368. The number of hydrogen-bond acceptors (Lipinski definition) is 1. The summed E-state index contributed by atoms with van der Waals surface area (Å²) in [5.74, 6) is -5.43. The second-order valence-corrected chi connectivity index (χ2v) is 3.67. The number of rotatable bonds is 3. The Labute approximate surface area is 92.1 Å². The van der Waals surface area contributed by atoms with Crippen LogP contribution in [0.15, 0.2) is 18.2 Å². The van der Waals surface area contributed by atoms with Crippen LogP contribution < -0.4 is 0 Å². The number of carbonyl (C=O) groups is 1. The molecule has 0 aliphatic heterocycles. The molecule has 0 aliphatic carbocycles. The quantitative estimate of drug-likeness (QED) is 0.732. The third kappa shape index (κ3) is 2.17. The van der Waals surface area contributed by atoms with Gasteiger partial charge in [-0.2, -0.15) is 8.78 Å². The summed E-state index contributed by atoms with van der Waals surface area (Å²) in [6, 6.07) is 4.78. The van der Waals surface area contributed by atoms with Crippen LogP contribution in [-0.4, -0.2) is 11.7 Å². The summed E-state index contributed by atoms with van der Waals surface area (Å²) in [6.07, 6.45) is 0. The molecule has 0 atom stereocenters. The smallest absolute Gasteiger partial charge is 0.291 e. The molecule has 0 saturated carbocycles. The number of Topliss-reactive ketones (excluding diaryl/α,β-unsaturated/α-hetero) is 1. The molecule has 0 fully saturated rings. The highest BCUT2D eigenvalue weighted by molar-refractivity contribution is 6.28. The molecule has 0 heterocycles. The SMILES string of the molecule is Cc1cccc(C)c1C(F)(F)C(=O)CCl. The summed E-state index contributed by atoms with van der Waals surface area (Å²) in [4.78, 5) is 11.1. The van der Waals surface area contributed by atoms with Crippen LogP contribution in [0.4, 0.5) is 8.78 Å². The van der Waals surface area contributed by atoms with Crippen LogP contribution in [0.3, 0.4) is 0 Å². The fraction of sp³-hybridized carbons (Fsp3) is 0.364. The monoisotopic (exact) mass is 232 g/mol. The fourth-order valence-electron chi connectivity index (χ4n) is 1.53. The molecule has 82 valence electrons. The predicted molar refractivity (Wildman–Crippen MR) is 55.5 cm³/mol. The van der Waals surface area contributed by atoms with E-state index in [2.05, 4.69) is 0 Å². The van der Waals surface area contributed by atoms with Crippen molar-refractivity contribution in [3.8, 4) is 0 Å². The number of halogens is 3. The lowest BCUT2D eigenvalue weighted by Gasteiger charge is -2.18. The second-order valence-electron chi connectivity index (χ2n) is 3.40. The zero-order valence-corrected chi connectivity index (χ0v) is 9.24. The predicted octanol–water partition coefficient (Wildman–Crippen LogP) is 3.20. The van der Waals surface area contributed by atoms with E-state index < -0.39 is 17.6 Å². The first kappa shape index (κ1) is 12.1. The maximum absolute atomic E-state index is 13.6. The standard InChI is InChI=1S/C11H11ClF2O/c1-7-4-3-5-8(2)10(7)11(13,14)9(15)6-12/h3-5H,6H2,1-2H3. The first-order valence-corrected chi connectivity index (χ1v) is 4.98. The van der Waals surface area contributed by atoms with Crippen molar-refractivity contribution in [2.24, 2.45) is 0 Å². The van der Waals surface area contributed by atoms with Crippen LogP contribution in [0.2, 0.25) is 0 Å². The second kappa shape index (κ2) is 4.27. The molecule has 15 heavy (non-hydrogen) atoms. The lowest BCUT2D eigenvalue weighted by atomic mass is 9.95. The van der Waals surface area contributed by atoms with Gasteiger partial charge in [0, 0.05) is 5.56 Å². The van der Waals surface area contributed by atoms with E-state index in [9.17, 15) is 13.6 Å². The lowest BCUT2D eigenvalue weighted by molar-refractivity contribution is -0.141. The average molecular weight is 233 g/mol. The Morgan fingerprint density at radius 1 is 1.33 bits per heavy atom. The van der Waals surface area contributed by atoms with E-state index in [1.807, 2.05) is 0 Å². The van der Waals surface area contributed by atoms with Gasteiger partial charge in [-0.05, 0) is 25.0 Å². The van der Waals surface area contributed by atoms with Gasteiger partial charge in [0.15, 0.2) is 0 Å². The van der Waals surface area contributed by atoms with Gasteiger partial charge >= 0.3 is 5.92 Å². The summed E-state index contributed by atoms with van der Waals surface area (Å²) in [7, 11) is 0. The topological polar surface area (TPSA) is 17.1 Å². The summed E-state index contributed by atoms with van der Waals surface area (Å²) in [5.41, 5.74) is 0.576. The first-order valence-electron chi connectivity index (χ1n) is 4.45. The summed E-state index contributed by atoms with van der Waals surface area (Å²) < 4.78 is 27.3. The van der Waals surface area contributed by atoms with Gasteiger partial charge in [0.2, 0.25) is 5.78 Å². The van der Waals surface area contributed by atoms with Gasteiger partial charge in [-0.3, -0.25) is 4.79 Å². The minimum Gasteiger partial charge on any atom is -0.291 e. The molecular weight excluding hydrogens is 222 g/mol. The van der Waals surface area contributed by atoms with Crippen molar-refractivity contribution in [1.82, 2.24) is 0 Å². The fourth-order valence-corrected chi connectivity index (χ4v) is 1.70. The summed E-state index contributed by atoms with van der Waals surface area (Å²) in [6.45, 7) is 3.11. The molecule has 0 bridgehead atoms. The van der Waals surface area contributed by atoms with Crippen molar-refractivity contribution >= 4 is 17.4 Å². The lowest BCUT2D eigenvalue weighted by Crippen LogP contribution is -2.29. The Hall–Kier alpha value is -0.960. The molecule has 1 aromatic carbocycles. The Kier molecular flexibility index (Phi) is 3.45. The minimum absolute atomic E-state index is 0.226. The number of carbonyl (C=O) groups excluding carboxylic acids is 1. The number of ketones is 1. The molecule has 1 nitrogen and oxygen atoms in total. The molecule has 0 aliphatic rings. The maximum atomic E-state index is 13.6. The van der Waals surface area contributed by atoms with Crippen LogP contribution >= 0.6 is 11.6 Å². The number of hydrogen-bond donors (Lipinski definition) is 0. The van der Waals surface area contributed by atoms with Crippen LogP contribution in [0.5, 0.6) is 0 Å². The van der Waals surface area contributed by atoms with Gasteiger partial charge in [-0.25, -0.2) is 0 Å². The number of alkyl halides is 3. The van der Waals surface area contributed by atoms with E-state index in [-0.39, 0.29) is 5.56 Å². The molecule has 0 spiro atoms. The van der Waals surface area contributed by atoms with Gasteiger partial charge in [0.25, 0.3) is 0 Å². The van der Waals surface area contributed by atoms with E-state index >= 15 is 0 Å². The Morgan fingerprint density at radius 2 is 1.80 bits per heavy atom. The zero-order valence-electron chi connectivity index (χ0n) is 8.48. The molecule has 0 aromatic heterocycles. The van der Waals surface area contributed by atoms with Crippen molar-refractivity contribution in [3.05, 3.63) is 34.9 Å². The zero-order chi connectivity index (χ0) is 11.6.